The first-order valence-corrected chi connectivity index (χ1v) is 10.1. The molecule has 0 aliphatic carbocycles. The third-order valence-corrected chi connectivity index (χ3v) is 4.81. The smallest absolute Gasteiger partial charge is 0.304 e. The molecule has 8 heteroatoms. The Bertz CT molecular complexity index is 832. The molecule has 0 spiro atoms. The Hall–Kier alpha value is -2.90. The van der Waals surface area contributed by atoms with Gasteiger partial charge in [-0.25, -0.2) is 0 Å². The monoisotopic (exact) mass is 386 g/mol. The zero-order valence-electron chi connectivity index (χ0n) is 16.7. The molecule has 0 saturated carbocycles. The van der Waals surface area contributed by atoms with Crippen molar-refractivity contribution in [2.24, 2.45) is 0 Å². The van der Waals surface area contributed by atoms with E-state index in [0.717, 1.165) is 74.1 Å². The van der Waals surface area contributed by atoms with E-state index in [1.54, 1.807) is 0 Å². The van der Waals surface area contributed by atoms with Crippen LogP contribution in [0.2, 0.25) is 0 Å². The number of rotatable bonds is 10. The lowest BCUT2D eigenvalue weighted by Crippen LogP contribution is -2.38. The molecule has 4 N–H and O–H groups in total. The Morgan fingerprint density at radius 2 is 1.25 bits per heavy atom. The van der Waals surface area contributed by atoms with Gasteiger partial charge in [-0.15, -0.1) is 0 Å². The maximum atomic E-state index is 6.08. The Morgan fingerprint density at radius 3 is 1.68 bits per heavy atom. The molecule has 0 fully saturated rings. The molecule has 150 valence electrons. The van der Waals surface area contributed by atoms with E-state index in [2.05, 4.69) is 24.4 Å². The summed E-state index contributed by atoms with van der Waals surface area (Å²) in [6, 6.07) is 7.98. The van der Waals surface area contributed by atoms with Crippen molar-refractivity contribution in [2.45, 2.75) is 65.5 Å². The van der Waals surface area contributed by atoms with Crippen molar-refractivity contribution in [3.8, 4) is 22.5 Å². The summed E-state index contributed by atoms with van der Waals surface area (Å²) in [5.74, 6) is 0.616. The number of anilines is 2. The number of hydrogen-bond donors (Lipinski definition) is 2. The first kappa shape index (κ1) is 19.9. The molecular formula is C20H30N6O2+2. The van der Waals surface area contributed by atoms with Gasteiger partial charge >= 0.3 is 23.2 Å². The average Bonchev–Trinajstić information content (AvgIpc) is 3.25. The lowest BCUT2D eigenvalue weighted by Gasteiger charge is -2.00. The zero-order valence-corrected chi connectivity index (χ0v) is 16.7. The summed E-state index contributed by atoms with van der Waals surface area (Å²) in [6.45, 7) is 5.87. The van der Waals surface area contributed by atoms with Crippen molar-refractivity contribution in [3.05, 3.63) is 24.3 Å². The van der Waals surface area contributed by atoms with E-state index in [0.29, 0.717) is 11.8 Å². The number of aromatic nitrogens is 4. The van der Waals surface area contributed by atoms with Crippen LogP contribution in [0.5, 0.6) is 0 Å². The summed E-state index contributed by atoms with van der Waals surface area (Å²) < 4.78 is 14.2. The summed E-state index contributed by atoms with van der Waals surface area (Å²) in [5.41, 5.74) is 15.6. The summed E-state index contributed by atoms with van der Waals surface area (Å²) in [4.78, 5) is 0. The van der Waals surface area contributed by atoms with E-state index < -0.39 is 0 Å². The molecule has 1 aromatic carbocycles. The molecule has 8 nitrogen and oxygen atoms in total. The van der Waals surface area contributed by atoms with Gasteiger partial charge in [0.25, 0.3) is 0 Å². The number of nitrogen functional groups attached to an aromatic ring is 2. The topological polar surface area (TPSA) is 112 Å². The van der Waals surface area contributed by atoms with E-state index in [1.807, 2.05) is 33.6 Å². The van der Waals surface area contributed by atoms with Gasteiger partial charge in [-0.05, 0) is 40.4 Å². The highest BCUT2D eigenvalue weighted by Gasteiger charge is 2.28. The van der Waals surface area contributed by atoms with E-state index >= 15 is 0 Å². The first-order valence-electron chi connectivity index (χ1n) is 10.1. The highest BCUT2D eigenvalue weighted by molar-refractivity contribution is 5.74. The highest BCUT2D eigenvalue weighted by Crippen LogP contribution is 2.28. The number of hydrogen-bond acceptors (Lipinski definition) is 6. The van der Waals surface area contributed by atoms with E-state index in [-0.39, 0.29) is 0 Å². The van der Waals surface area contributed by atoms with Gasteiger partial charge in [-0.3, -0.25) is 9.05 Å². The van der Waals surface area contributed by atoms with E-state index in [9.17, 15) is 0 Å². The minimum absolute atomic E-state index is 0.308. The number of unbranched alkanes of at least 4 members (excludes halogenated alkanes) is 4. The standard InChI is InChI=1S/C20H30N6O2/c1-3-5-7-12-25-17(19(21)27-23-25)15-10-9-11-16(14-15)18-20(22)28-24-26(18)13-8-6-4-2/h9-11,14H,3-8,12-13,21-22H2,1-2H3/q+2. The van der Waals surface area contributed by atoms with Gasteiger partial charge in [0.1, 0.15) is 0 Å². The van der Waals surface area contributed by atoms with Crippen LogP contribution in [-0.2, 0) is 13.1 Å². The largest absolute Gasteiger partial charge is 0.362 e. The minimum Gasteiger partial charge on any atom is -0.362 e. The summed E-state index contributed by atoms with van der Waals surface area (Å²) in [5, 5.41) is 8.19. The normalized spacial score (nSPS) is 11.2. The average molecular weight is 387 g/mol. The first-order chi connectivity index (χ1) is 13.7. The quantitative estimate of drug-likeness (QED) is 0.409. The van der Waals surface area contributed by atoms with Crippen LogP contribution < -0.4 is 20.8 Å². The molecule has 0 atom stereocenters. The van der Waals surface area contributed by atoms with Crippen LogP contribution >= 0.6 is 0 Å². The van der Waals surface area contributed by atoms with Crippen LogP contribution in [0.1, 0.15) is 52.4 Å². The molecule has 0 radical (unpaired) electrons. The Balaban J connectivity index is 1.92. The molecule has 0 aliphatic heterocycles. The molecule has 0 amide bonds. The van der Waals surface area contributed by atoms with E-state index in [1.165, 1.54) is 0 Å². The summed E-state index contributed by atoms with van der Waals surface area (Å²) in [7, 11) is 0. The van der Waals surface area contributed by atoms with Gasteiger partial charge in [0.2, 0.25) is 10.5 Å². The van der Waals surface area contributed by atoms with Crippen molar-refractivity contribution < 1.29 is 18.4 Å². The predicted octanol–water partition coefficient (Wildman–Crippen LogP) is 3.12. The number of benzene rings is 1. The molecule has 3 aromatic rings. The zero-order chi connectivity index (χ0) is 19.9. The molecule has 0 aliphatic rings. The molecule has 0 saturated heterocycles. The van der Waals surface area contributed by atoms with Gasteiger partial charge in [-0.1, -0.05) is 32.8 Å². The Kier molecular flexibility index (Phi) is 6.62. The number of nitrogens with zero attached hydrogens (tertiary/aromatic N) is 4. The predicted molar refractivity (Wildman–Crippen MR) is 106 cm³/mol. The van der Waals surface area contributed by atoms with Crippen LogP contribution in [0.3, 0.4) is 0 Å². The van der Waals surface area contributed by atoms with Gasteiger partial charge in [0.05, 0.1) is 11.1 Å². The Morgan fingerprint density at radius 1 is 0.786 bits per heavy atom. The maximum absolute atomic E-state index is 6.08. The number of aryl methyl sites for hydroxylation is 2. The molecular weight excluding hydrogens is 356 g/mol. The third-order valence-electron chi connectivity index (χ3n) is 4.81. The van der Waals surface area contributed by atoms with Crippen molar-refractivity contribution in [1.29, 1.82) is 0 Å². The van der Waals surface area contributed by atoms with Gasteiger partial charge in [0.15, 0.2) is 13.1 Å². The molecule has 2 heterocycles. The lowest BCUT2D eigenvalue weighted by molar-refractivity contribution is -0.753. The second-order valence-electron chi connectivity index (χ2n) is 7.01. The third kappa shape index (κ3) is 4.32. The minimum atomic E-state index is 0.308. The van der Waals surface area contributed by atoms with Crippen LogP contribution in [0.15, 0.2) is 33.3 Å². The van der Waals surface area contributed by atoms with Crippen LogP contribution in [0.4, 0.5) is 11.8 Å². The van der Waals surface area contributed by atoms with Crippen molar-refractivity contribution in [2.75, 3.05) is 11.5 Å². The molecule has 0 unspecified atom stereocenters. The van der Waals surface area contributed by atoms with Crippen molar-refractivity contribution in [1.82, 2.24) is 10.5 Å². The Labute approximate surface area is 165 Å². The maximum Gasteiger partial charge on any atom is 0.304 e. The van der Waals surface area contributed by atoms with Crippen molar-refractivity contribution >= 4 is 11.8 Å². The van der Waals surface area contributed by atoms with Gasteiger partial charge in [-0.2, -0.15) is 0 Å². The fraction of sp³-hybridized carbons (Fsp3) is 0.500. The number of nitrogens with two attached hydrogens (primary N) is 2. The van der Waals surface area contributed by atoms with Crippen molar-refractivity contribution in [3.63, 3.8) is 0 Å². The lowest BCUT2D eigenvalue weighted by atomic mass is 10.1. The molecule has 0 bridgehead atoms. The van der Waals surface area contributed by atoms with Gasteiger partial charge < -0.3 is 11.5 Å². The fourth-order valence-electron chi connectivity index (χ4n) is 3.33. The van der Waals surface area contributed by atoms with Crippen LogP contribution in [0.25, 0.3) is 22.5 Å². The summed E-state index contributed by atoms with van der Waals surface area (Å²) >= 11 is 0. The van der Waals surface area contributed by atoms with Crippen LogP contribution in [0, 0.1) is 0 Å². The highest BCUT2D eigenvalue weighted by atomic mass is 16.5. The van der Waals surface area contributed by atoms with Crippen LogP contribution in [-0.4, -0.2) is 10.5 Å². The second-order valence-corrected chi connectivity index (χ2v) is 7.01. The second kappa shape index (κ2) is 9.34. The molecule has 28 heavy (non-hydrogen) atoms. The van der Waals surface area contributed by atoms with E-state index in [4.69, 9.17) is 20.5 Å². The fourth-order valence-corrected chi connectivity index (χ4v) is 3.33. The molecule has 3 rings (SSSR count). The molecule has 2 aromatic heterocycles. The SMILES string of the molecule is CCCCC[n+]1noc(N)c1-c1cccc(-c2c(N)on[n+]2CCCCC)c1. The van der Waals surface area contributed by atoms with Gasteiger partial charge in [0, 0.05) is 12.8 Å². The summed E-state index contributed by atoms with van der Waals surface area (Å²) in [6.07, 6.45) is 6.60.